The summed E-state index contributed by atoms with van der Waals surface area (Å²) < 4.78 is 5.45. The fourth-order valence-electron chi connectivity index (χ4n) is 6.91. The zero-order chi connectivity index (χ0) is 23.8. The first-order valence-corrected chi connectivity index (χ1v) is 13.5. The number of rotatable bonds is 7. The Labute approximate surface area is 205 Å². The largest absolute Gasteiger partial charge is 0.390 e. The lowest BCUT2D eigenvalue weighted by Crippen LogP contribution is -2.56. The molecule has 2 heterocycles. The maximum atomic E-state index is 13.7. The van der Waals surface area contributed by atoms with Gasteiger partial charge < -0.3 is 19.6 Å². The van der Waals surface area contributed by atoms with E-state index in [0.717, 1.165) is 38.8 Å². The summed E-state index contributed by atoms with van der Waals surface area (Å²) in [4.78, 5) is 20.5. The minimum Gasteiger partial charge on any atom is -0.390 e. The summed E-state index contributed by atoms with van der Waals surface area (Å²) in [6.07, 6.45) is 10.0. The van der Waals surface area contributed by atoms with Crippen LogP contribution in [0.3, 0.4) is 0 Å². The molecule has 2 amide bonds. The van der Waals surface area contributed by atoms with Crippen LogP contribution in [0.4, 0.5) is 4.79 Å². The van der Waals surface area contributed by atoms with Crippen molar-refractivity contribution in [1.82, 2.24) is 14.7 Å². The third-order valence-corrected chi connectivity index (χ3v) is 9.67. The van der Waals surface area contributed by atoms with E-state index in [1.807, 2.05) is 0 Å². The standard InChI is InChI=1S/C28H43N3O3/c1-29(2)28(24-9-4-3-5-10-24)13-11-26(12-14-28)22-30(18-15-27(33)16-19-34-20-17-27)25(32)31(26)21-23-7-6-8-23/h3-5,9-10,23,33H,6-8,11-22H2,1-2H3. The summed E-state index contributed by atoms with van der Waals surface area (Å²) in [6, 6.07) is 11.1. The topological polar surface area (TPSA) is 56.2 Å². The number of benzene rings is 1. The average Bonchev–Trinajstić information content (AvgIpc) is 3.07. The Kier molecular flexibility index (Phi) is 6.68. The van der Waals surface area contributed by atoms with E-state index >= 15 is 0 Å². The summed E-state index contributed by atoms with van der Waals surface area (Å²) in [5, 5.41) is 11.0. The minimum absolute atomic E-state index is 0.0301. The van der Waals surface area contributed by atoms with Crippen LogP contribution in [-0.2, 0) is 10.3 Å². The fraction of sp³-hybridized carbons (Fsp3) is 0.750. The molecule has 2 aliphatic carbocycles. The molecule has 34 heavy (non-hydrogen) atoms. The van der Waals surface area contributed by atoms with Gasteiger partial charge >= 0.3 is 6.03 Å². The normalized spacial score (nSPS) is 31.9. The first-order valence-electron chi connectivity index (χ1n) is 13.5. The quantitative estimate of drug-likeness (QED) is 0.650. The molecule has 2 saturated heterocycles. The SMILES string of the molecule is CN(C)C1(c2ccccc2)CCC2(CC1)CN(CCC1(O)CCOCC1)C(=O)N2CC1CCC1. The number of carbonyl (C=O) groups excluding carboxylic acids is 1. The molecule has 2 aliphatic heterocycles. The van der Waals surface area contributed by atoms with Crippen molar-refractivity contribution in [3.8, 4) is 0 Å². The fourth-order valence-corrected chi connectivity index (χ4v) is 6.91. The smallest absolute Gasteiger partial charge is 0.320 e. The van der Waals surface area contributed by atoms with Crippen LogP contribution in [0.15, 0.2) is 30.3 Å². The van der Waals surface area contributed by atoms with Crippen molar-refractivity contribution in [1.29, 1.82) is 0 Å². The maximum Gasteiger partial charge on any atom is 0.320 e. The molecule has 5 rings (SSSR count). The van der Waals surface area contributed by atoms with Gasteiger partial charge in [0.05, 0.1) is 11.1 Å². The molecule has 0 atom stereocenters. The number of hydrogen-bond acceptors (Lipinski definition) is 4. The summed E-state index contributed by atoms with van der Waals surface area (Å²) >= 11 is 0. The van der Waals surface area contributed by atoms with Gasteiger partial charge in [-0.3, -0.25) is 4.90 Å². The third kappa shape index (κ3) is 4.38. The Balaban J connectivity index is 1.34. The van der Waals surface area contributed by atoms with Gasteiger partial charge in [0.15, 0.2) is 0 Å². The second-order valence-electron chi connectivity index (χ2n) is 11.7. The van der Waals surface area contributed by atoms with Gasteiger partial charge in [0.25, 0.3) is 0 Å². The molecule has 0 aromatic heterocycles. The van der Waals surface area contributed by atoms with Crippen molar-refractivity contribution < 1.29 is 14.6 Å². The molecule has 6 nitrogen and oxygen atoms in total. The zero-order valence-corrected chi connectivity index (χ0v) is 21.2. The highest BCUT2D eigenvalue weighted by atomic mass is 16.5. The average molecular weight is 470 g/mol. The molecule has 1 N–H and O–H groups in total. The van der Waals surface area contributed by atoms with Crippen LogP contribution in [0.5, 0.6) is 0 Å². The summed E-state index contributed by atoms with van der Waals surface area (Å²) in [5.41, 5.74) is 0.664. The Bertz CT molecular complexity index is 840. The lowest BCUT2D eigenvalue weighted by molar-refractivity contribution is -0.0701. The Morgan fingerprint density at radius 3 is 2.29 bits per heavy atom. The van der Waals surface area contributed by atoms with Crippen LogP contribution in [0.1, 0.15) is 69.8 Å². The molecule has 1 aromatic carbocycles. The molecule has 0 bridgehead atoms. The molecule has 2 saturated carbocycles. The number of urea groups is 1. The van der Waals surface area contributed by atoms with Crippen molar-refractivity contribution in [3.63, 3.8) is 0 Å². The Hall–Kier alpha value is -1.63. The molecular formula is C28H43N3O3. The van der Waals surface area contributed by atoms with Gasteiger partial charge in [-0.25, -0.2) is 4.79 Å². The van der Waals surface area contributed by atoms with Gasteiger partial charge in [0.2, 0.25) is 0 Å². The van der Waals surface area contributed by atoms with Gasteiger partial charge in [-0.15, -0.1) is 0 Å². The maximum absolute atomic E-state index is 13.7. The van der Waals surface area contributed by atoms with Gasteiger partial charge in [-0.2, -0.15) is 0 Å². The zero-order valence-electron chi connectivity index (χ0n) is 21.2. The Morgan fingerprint density at radius 1 is 1.03 bits per heavy atom. The van der Waals surface area contributed by atoms with Crippen LogP contribution < -0.4 is 0 Å². The number of aliphatic hydroxyl groups is 1. The molecule has 0 radical (unpaired) electrons. The van der Waals surface area contributed by atoms with Gasteiger partial charge in [-0.05, 0) is 83.4 Å². The molecule has 4 aliphatic rings. The molecule has 0 unspecified atom stereocenters. The van der Waals surface area contributed by atoms with E-state index in [1.165, 1.54) is 24.8 Å². The summed E-state index contributed by atoms with van der Waals surface area (Å²) in [5.74, 6) is 0.662. The van der Waals surface area contributed by atoms with E-state index < -0.39 is 5.60 Å². The summed E-state index contributed by atoms with van der Waals surface area (Å²) in [6.45, 7) is 3.61. The van der Waals surface area contributed by atoms with E-state index in [1.54, 1.807) is 0 Å². The van der Waals surface area contributed by atoms with E-state index in [2.05, 4.69) is 59.1 Å². The van der Waals surface area contributed by atoms with Crippen LogP contribution in [0.2, 0.25) is 0 Å². The molecule has 6 heteroatoms. The van der Waals surface area contributed by atoms with Crippen molar-refractivity contribution in [3.05, 3.63) is 35.9 Å². The van der Waals surface area contributed by atoms with Gasteiger partial charge in [0.1, 0.15) is 0 Å². The van der Waals surface area contributed by atoms with E-state index in [0.29, 0.717) is 44.9 Å². The molecular weight excluding hydrogens is 426 g/mol. The first kappa shape index (κ1) is 24.1. The highest BCUT2D eigenvalue weighted by Gasteiger charge is 2.55. The highest BCUT2D eigenvalue weighted by Crippen LogP contribution is 2.49. The number of carbonyl (C=O) groups is 1. The second kappa shape index (κ2) is 9.44. The second-order valence-corrected chi connectivity index (χ2v) is 11.7. The van der Waals surface area contributed by atoms with Crippen LogP contribution in [0.25, 0.3) is 0 Å². The highest BCUT2D eigenvalue weighted by molar-refractivity contribution is 5.78. The number of amides is 2. The predicted octanol–water partition coefficient (Wildman–Crippen LogP) is 4.23. The minimum atomic E-state index is -0.687. The predicted molar refractivity (Wildman–Crippen MR) is 134 cm³/mol. The monoisotopic (exact) mass is 469 g/mol. The number of hydrogen-bond donors (Lipinski definition) is 1. The molecule has 1 spiro atoms. The van der Waals surface area contributed by atoms with Crippen molar-refractivity contribution in [2.24, 2.45) is 5.92 Å². The van der Waals surface area contributed by atoms with E-state index in [9.17, 15) is 9.90 Å². The van der Waals surface area contributed by atoms with Crippen molar-refractivity contribution >= 4 is 6.03 Å². The Morgan fingerprint density at radius 2 is 1.71 bits per heavy atom. The van der Waals surface area contributed by atoms with Crippen molar-refractivity contribution in [2.75, 3.05) is 46.9 Å². The summed E-state index contributed by atoms with van der Waals surface area (Å²) in [7, 11) is 4.41. The lowest BCUT2D eigenvalue weighted by atomic mass is 9.68. The van der Waals surface area contributed by atoms with E-state index in [-0.39, 0.29) is 17.1 Å². The van der Waals surface area contributed by atoms with E-state index in [4.69, 9.17) is 4.74 Å². The molecule has 1 aromatic rings. The van der Waals surface area contributed by atoms with Crippen LogP contribution in [-0.4, -0.2) is 83.9 Å². The first-order chi connectivity index (χ1) is 16.4. The molecule has 4 fully saturated rings. The van der Waals surface area contributed by atoms with Gasteiger partial charge in [-0.1, -0.05) is 36.8 Å². The number of ether oxygens (including phenoxy) is 1. The third-order valence-electron chi connectivity index (χ3n) is 9.67. The molecule has 188 valence electrons. The van der Waals surface area contributed by atoms with Crippen LogP contribution in [0, 0.1) is 5.92 Å². The number of nitrogens with zero attached hydrogens (tertiary/aromatic N) is 3. The van der Waals surface area contributed by atoms with Crippen molar-refractivity contribution in [2.45, 2.75) is 80.9 Å². The lowest BCUT2D eigenvalue weighted by Gasteiger charge is -2.51. The van der Waals surface area contributed by atoms with Gasteiger partial charge in [0, 0.05) is 38.4 Å². The van der Waals surface area contributed by atoms with Crippen LogP contribution >= 0.6 is 0 Å².